The van der Waals surface area contributed by atoms with E-state index in [4.69, 9.17) is 4.74 Å². The lowest BCUT2D eigenvalue weighted by atomic mass is 10.2. The Kier molecular flexibility index (Phi) is 5.73. The molecule has 3 rings (SSSR count). The highest BCUT2D eigenvalue weighted by molar-refractivity contribution is 7.98. The number of nitrogens with zero attached hydrogens (tertiary/aromatic N) is 1. The number of aromatic nitrogens is 1. The summed E-state index contributed by atoms with van der Waals surface area (Å²) in [5, 5.41) is 6.05. The molecule has 0 aliphatic heterocycles. The van der Waals surface area contributed by atoms with Crippen LogP contribution in [-0.2, 0) is 5.75 Å². The fraction of sp³-hybridized carbons (Fsp3) is 0.158. The van der Waals surface area contributed by atoms with Gasteiger partial charge in [0.1, 0.15) is 5.75 Å². The molecule has 3 aromatic rings. The molecule has 1 amide bonds. The number of amides is 1. The third-order valence-corrected chi connectivity index (χ3v) is 5.39. The smallest absolute Gasteiger partial charge is 0.255 e. The lowest BCUT2D eigenvalue weighted by Crippen LogP contribution is -2.11. The molecule has 1 heterocycles. The number of hydrogen-bond donors (Lipinski definition) is 1. The van der Waals surface area contributed by atoms with Gasteiger partial charge in [-0.2, -0.15) is 0 Å². The maximum Gasteiger partial charge on any atom is 0.255 e. The molecule has 0 spiro atoms. The fourth-order valence-corrected chi connectivity index (χ4v) is 3.72. The van der Waals surface area contributed by atoms with Crippen LogP contribution in [0.4, 0.5) is 5.69 Å². The Bertz CT molecular complexity index is 843. The van der Waals surface area contributed by atoms with E-state index in [9.17, 15) is 4.79 Å². The minimum Gasteiger partial charge on any atom is -0.497 e. The van der Waals surface area contributed by atoms with Gasteiger partial charge in [0, 0.05) is 27.3 Å². The van der Waals surface area contributed by atoms with E-state index in [0.29, 0.717) is 5.56 Å². The van der Waals surface area contributed by atoms with Gasteiger partial charge in [-0.1, -0.05) is 0 Å². The molecule has 6 heteroatoms. The maximum absolute atomic E-state index is 12.3. The standard InChI is InChI=1S/C19H18N2O2S2/c1-13-20-16(11-24-13)12-25-18-9-3-14(4-10-18)19(22)21-15-5-7-17(23-2)8-6-15/h3-11H,12H2,1-2H3,(H,21,22). The average Bonchev–Trinajstić information content (AvgIpc) is 3.06. The average molecular weight is 370 g/mol. The van der Waals surface area contributed by atoms with Crippen molar-refractivity contribution in [2.75, 3.05) is 12.4 Å². The largest absolute Gasteiger partial charge is 0.497 e. The summed E-state index contributed by atoms with van der Waals surface area (Å²) in [7, 11) is 1.61. The van der Waals surface area contributed by atoms with Crippen LogP contribution < -0.4 is 10.1 Å². The zero-order valence-electron chi connectivity index (χ0n) is 14.0. The summed E-state index contributed by atoms with van der Waals surface area (Å²) in [6.45, 7) is 2.01. The second-order valence-corrected chi connectivity index (χ2v) is 7.46. The first-order valence-electron chi connectivity index (χ1n) is 7.73. The molecule has 1 aromatic heterocycles. The van der Waals surface area contributed by atoms with E-state index in [1.165, 1.54) is 0 Å². The number of thioether (sulfide) groups is 1. The number of aryl methyl sites for hydroxylation is 1. The van der Waals surface area contributed by atoms with E-state index in [1.54, 1.807) is 30.2 Å². The molecule has 0 aliphatic rings. The van der Waals surface area contributed by atoms with Crippen molar-refractivity contribution < 1.29 is 9.53 Å². The topological polar surface area (TPSA) is 51.2 Å². The summed E-state index contributed by atoms with van der Waals surface area (Å²) in [5.74, 6) is 1.47. The van der Waals surface area contributed by atoms with Crippen LogP contribution in [0.3, 0.4) is 0 Å². The summed E-state index contributed by atoms with van der Waals surface area (Å²) >= 11 is 3.38. The van der Waals surface area contributed by atoms with E-state index < -0.39 is 0 Å². The van der Waals surface area contributed by atoms with Gasteiger partial charge in [0.05, 0.1) is 17.8 Å². The van der Waals surface area contributed by atoms with Gasteiger partial charge in [0.25, 0.3) is 5.91 Å². The van der Waals surface area contributed by atoms with Gasteiger partial charge >= 0.3 is 0 Å². The molecule has 0 saturated heterocycles. The van der Waals surface area contributed by atoms with Crippen molar-refractivity contribution in [1.82, 2.24) is 4.98 Å². The van der Waals surface area contributed by atoms with Crippen LogP contribution in [0.25, 0.3) is 0 Å². The van der Waals surface area contributed by atoms with Gasteiger partial charge in [-0.15, -0.1) is 23.1 Å². The predicted molar refractivity (Wildman–Crippen MR) is 104 cm³/mol. The molecule has 0 fully saturated rings. The second-order valence-electron chi connectivity index (χ2n) is 5.35. The highest BCUT2D eigenvalue weighted by Crippen LogP contribution is 2.24. The van der Waals surface area contributed by atoms with Gasteiger partial charge in [-0.25, -0.2) is 4.98 Å². The van der Waals surface area contributed by atoms with E-state index in [2.05, 4.69) is 15.7 Å². The van der Waals surface area contributed by atoms with Crippen LogP contribution in [0.5, 0.6) is 5.75 Å². The maximum atomic E-state index is 12.3. The van der Waals surface area contributed by atoms with Crippen LogP contribution in [-0.4, -0.2) is 18.0 Å². The summed E-state index contributed by atoms with van der Waals surface area (Å²) < 4.78 is 5.11. The van der Waals surface area contributed by atoms with E-state index in [1.807, 2.05) is 55.5 Å². The number of carbonyl (C=O) groups is 1. The normalized spacial score (nSPS) is 10.5. The zero-order valence-corrected chi connectivity index (χ0v) is 15.6. The molecule has 0 aliphatic carbocycles. The predicted octanol–water partition coefficient (Wildman–Crippen LogP) is 5.00. The molecule has 4 nitrogen and oxygen atoms in total. The van der Waals surface area contributed by atoms with Crippen molar-refractivity contribution in [2.45, 2.75) is 17.6 Å². The molecular weight excluding hydrogens is 352 g/mol. The quantitative estimate of drug-likeness (QED) is 0.620. The number of thiazole rings is 1. The number of hydrogen-bond acceptors (Lipinski definition) is 5. The second kappa shape index (κ2) is 8.18. The highest BCUT2D eigenvalue weighted by Gasteiger charge is 2.07. The summed E-state index contributed by atoms with van der Waals surface area (Å²) in [5.41, 5.74) is 2.46. The van der Waals surface area contributed by atoms with Crippen LogP contribution in [0.2, 0.25) is 0 Å². The third-order valence-electron chi connectivity index (χ3n) is 3.52. The third kappa shape index (κ3) is 4.84. The van der Waals surface area contributed by atoms with Gasteiger partial charge in [0.15, 0.2) is 0 Å². The number of rotatable bonds is 6. The summed E-state index contributed by atoms with van der Waals surface area (Å²) in [6.07, 6.45) is 0. The van der Waals surface area contributed by atoms with Crippen molar-refractivity contribution in [3.8, 4) is 5.75 Å². The van der Waals surface area contributed by atoms with Crippen molar-refractivity contribution >= 4 is 34.7 Å². The first kappa shape index (κ1) is 17.5. The van der Waals surface area contributed by atoms with Crippen LogP contribution in [0, 0.1) is 6.92 Å². The van der Waals surface area contributed by atoms with Crippen molar-refractivity contribution in [3.63, 3.8) is 0 Å². The van der Waals surface area contributed by atoms with Crippen molar-refractivity contribution in [2.24, 2.45) is 0 Å². The molecule has 1 N–H and O–H groups in total. The van der Waals surface area contributed by atoms with Gasteiger partial charge in [-0.05, 0) is 55.5 Å². The first-order valence-corrected chi connectivity index (χ1v) is 9.60. The summed E-state index contributed by atoms with van der Waals surface area (Å²) in [6, 6.07) is 14.9. The van der Waals surface area contributed by atoms with Crippen LogP contribution in [0.1, 0.15) is 21.1 Å². The van der Waals surface area contributed by atoms with Crippen LogP contribution >= 0.6 is 23.1 Å². The Labute approximate surface area is 155 Å². The molecular formula is C19H18N2O2S2. The highest BCUT2D eigenvalue weighted by atomic mass is 32.2. The number of carbonyl (C=O) groups excluding carboxylic acids is 1. The summed E-state index contributed by atoms with van der Waals surface area (Å²) in [4.78, 5) is 17.9. The fourth-order valence-electron chi connectivity index (χ4n) is 2.21. The van der Waals surface area contributed by atoms with Gasteiger partial charge < -0.3 is 10.1 Å². The minimum absolute atomic E-state index is 0.128. The number of anilines is 1. The molecule has 0 radical (unpaired) electrons. The molecule has 128 valence electrons. The van der Waals surface area contributed by atoms with E-state index in [-0.39, 0.29) is 5.91 Å². The lowest BCUT2D eigenvalue weighted by molar-refractivity contribution is 0.102. The first-order chi connectivity index (χ1) is 12.1. The van der Waals surface area contributed by atoms with Crippen molar-refractivity contribution in [1.29, 1.82) is 0 Å². The van der Waals surface area contributed by atoms with Crippen molar-refractivity contribution in [3.05, 3.63) is 70.2 Å². The molecule has 0 unspecified atom stereocenters. The van der Waals surface area contributed by atoms with Gasteiger partial charge in [-0.3, -0.25) is 4.79 Å². The molecule has 0 bridgehead atoms. The monoisotopic (exact) mass is 370 g/mol. The molecule has 25 heavy (non-hydrogen) atoms. The lowest BCUT2D eigenvalue weighted by Gasteiger charge is -2.07. The number of nitrogens with one attached hydrogen (secondary N) is 1. The number of methoxy groups -OCH3 is 1. The Balaban J connectivity index is 1.57. The van der Waals surface area contributed by atoms with E-state index >= 15 is 0 Å². The Morgan fingerprint density at radius 1 is 1.16 bits per heavy atom. The Morgan fingerprint density at radius 2 is 1.88 bits per heavy atom. The minimum atomic E-state index is -0.128. The van der Waals surface area contributed by atoms with Gasteiger partial charge in [0.2, 0.25) is 0 Å². The van der Waals surface area contributed by atoms with Crippen LogP contribution in [0.15, 0.2) is 58.8 Å². The number of ether oxygens (including phenoxy) is 1. The Morgan fingerprint density at radius 3 is 2.48 bits per heavy atom. The molecule has 0 atom stereocenters. The number of benzene rings is 2. The SMILES string of the molecule is COc1ccc(NC(=O)c2ccc(SCc3csc(C)n3)cc2)cc1. The molecule has 2 aromatic carbocycles. The Hall–Kier alpha value is -2.31. The molecule has 0 saturated carbocycles. The zero-order chi connectivity index (χ0) is 17.6. The van der Waals surface area contributed by atoms with E-state index in [0.717, 1.165) is 32.8 Å².